The first kappa shape index (κ1) is 12.2. The van der Waals surface area contributed by atoms with Crippen molar-refractivity contribution in [1.82, 2.24) is 24.9 Å². The zero-order valence-corrected chi connectivity index (χ0v) is 11.4. The molecule has 17 heavy (non-hydrogen) atoms. The fraction of sp³-hybridized carbons (Fsp3) is 0.455. The Morgan fingerprint density at radius 1 is 1.41 bits per heavy atom. The van der Waals surface area contributed by atoms with Crippen LogP contribution in [0.3, 0.4) is 0 Å². The number of hydrogen-bond acceptors (Lipinski definition) is 4. The molecule has 0 aliphatic heterocycles. The molecule has 1 N–H and O–H groups in total. The van der Waals surface area contributed by atoms with Gasteiger partial charge in [-0.15, -0.1) is 0 Å². The summed E-state index contributed by atoms with van der Waals surface area (Å²) in [6, 6.07) is 0. The molecule has 0 aromatic carbocycles. The van der Waals surface area contributed by atoms with Gasteiger partial charge in [0, 0.05) is 32.4 Å². The molecular formula is C11H17N5S. The highest BCUT2D eigenvalue weighted by molar-refractivity contribution is 7.99. The van der Waals surface area contributed by atoms with Gasteiger partial charge in [-0.3, -0.25) is 9.36 Å². The van der Waals surface area contributed by atoms with Crippen LogP contribution in [0.1, 0.15) is 11.3 Å². The Labute approximate surface area is 105 Å². The first-order chi connectivity index (χ1) is 8.11. The Bertz CT molecular complexity index is 514. The van der Waals surface area contributed by atoms with E-state index in [1.807, 2.05) is 49.8 Å². The summed E-state index contributed by atoms with van der Waals surface area (Å²) in [6.45, 7) is 2.88. The van der Waals surface area contributed by atoms with Crippen LogP contribution >= 0.6 is 11.8 Å². The van der Waals surface area contributed by atoms with Crippen LogP contribution in [-0.2, 0) is 20.6 Å². The smallest absolute Gasteiger partial charge is 0.103 e. The van der Waals surface area contributed by atoms with E-state index in [9.17, 15) is 0 Å². The largest absolute Gasteiger partial charge is 0.316 e. The monoisotopic (exact) mass is 251 g/mol. The van der Waals surface area contributed by atoms with E-state index in [0.717, 1.165) is 17.1 Å². The number of rotatable bonds is 4. The maximum atomic E-state index is 4.46. The third-order valence-electron chi connectivity index (χ3n) is 2.54. The molecular weight excluding hydrogens is 234 g/mol. The maximum Gasteiger partial charge on any atom is 0.103 e. The summed E-state index contributed by atoms with van der Waals surface area (Å²) in [5.41, 5.74) is 2.33. The number of aryl methyl sites for hydroxylation is 3. The summed E-state index contributed by atoms with van der Waals surface area (Å²) < 4.78 is 3.74. The minimum absolute atomic E-state index is 0.836. The second kappa shape index (κ2) is 4.93. The van der Waals surface area contributed by atoms with E-state index in [2.05, 4.69) is 15.5 Å². The third kappa shape index (κ3) is 2.53. The van der Waals surface area contributed by atoms with Gasteiger partial charge in [-0.25, -0.2) is 0 Å². The van der Waals surface area contributed by atoms with Crippen molar-refractivity contribution in [2.24, 2.45) is 14.1 Å². The van der Waals surface area contributed by atoms with Gasteiger partial charge in [-0.05, 0) is 14.0 Å². The van der Waals surface area contributed by atoms with Crippen molar-refractivity contribution in [1.29, 1.82) is 0 Å². The fourth-order valence-electron chi connectivity index (χ4n) is 1.75. The van der Waals surface area contributed by atoms with Gasteiger partial charge in [0.1, 0.15) is 5.03 Å². The summed E-state index contributed by atoms with van der Waals surface area (Å²) in [5.74, 6) is 0. The Balaban J connectivity index is 2.31. The van der Waals surface area contributed by atoms with Crippen molar-refractivity contribution in [3.05, 3.63) is 23.7 Å². The second-order valence-corrected chi connectivity index (χ2v) is 5.04. The van der Waals surface area contributed by atoms with Crippen LogP contribution in [0.2, 0.25) is 0 Å². The average molecular weight is 251 g/mol. The zero-order valence-electron chi connectivity index (χ0n) is 10.6. The van der Waals surface area contributed by atoms with Crippen molar-refractivity contribution >= 4 is 11.8 Å². The van der Waals surface area contributed by atoms with Gasteiger partial charge in [0.15, 0.2) is 0 Å². The van der Waals surface area contributed by atoms with E-state index >= 15 is 0 Å². The molecule has 0 amide bonds. The standard InChI is InChI=1S/C11H17N5S/c1-8-10(6-12-2)11(16(4)14-8)17-9-5-13-15(3)7-9/h5,7,12H,6H2,1-4H3. The number of hydrogen-bond donors (Lipinski definition) is 1. The van der Waals surface area contributed by atoms with Gasteiger partial charge in [-0.1, -0.05) is 11.8 Å². The zero-order chi connectivity index (χ0) is 12.4. The van der Waals surface area contributed by atoms with Crippen molar-refractivity contribution in [2.45, 2.75) is 23.4 Å². The van der Waals surface area contributed by atoms with Crippen molar-refractivity contribution < 1.29 is 0 Å². The Hall–Kier alpha value is -1.27. The van der Waals surface area contributed by atoms with Gasteiger partial charge < -0.3 is 5.32 Å². The summed E-state index contributed by atoms with van der Waals surface area (Å²) >= 11 is 1.70. The Kier molecular flexibility index (Phi) is 3.54. The van der Waals surface area contributed by atoms with Gasteiger partial charge in [0.05, 0.1) is 16.8 Å². The molecule has 5 nitrogen and oxygen atoms in total. The molecule has 0 radical (unpaired) electrons. The number of nitrogens with zero attached hydrogens (tertiary/aromatic N) is 4. The quantitative estimate of drug-likeness (QED) is 0.890. The lowest BCUT2D eigenvalue weighted by molar-refractivity contribution is 0.684. The van der Waals surface area contributed by atoms with E-state index in [1.54, 1.807) is 11.8 Å². The Morgan fingerprint density at radius 2 is 2.18 bits per heavy atom. The highest BCUT2D eigenvalue weighted by atomic mass is 32.2. The highest BCUT2D eigenvalue weighted by Gasteiger charge is 2.14. The molecule has 0 saturated heterocycles. The first-order valence-corrected chi connectivity index (χ1v) is 6.27. The van der Waals surface area contributed by atoms with Crippen molar-refractivity contribution in [2.75, 3.05) is 7.05 Å². The molecule has 0 unspecified atom stereocenters. The molecule has 0 atom stereocenters. The molecule has 2 aromatic heterocycles. The minimum Gasteiger partial charge on any atom is -0.316 e. The molecule has 0 bridgehead atoms. The van der Waals surface area contributed by atoms with E-state index in [4.69, 9.17) is 0 Å². The van der Waals surface area contributed by atoms with E-state index in [0.29, 0.717) is 0 Å². The van der Waals surface area contributed by atoms with E-state index in [1.165, 1.54) is 10.6 Å². The topological polar surface area (TPSA) is 47.7 Å². The van der Waals surface area contributed by atoms with Gasteiger partial charge in [-0.2, -0.15) is 10.2 Å². The fourth-order valence-corrected chi connectivity index (χ4v) is 2.80. The first-order valence-electron chi connectivity index (χ1n) is 5.45. The number of nitrogens with one attached hydrogen (secondary N) is 1. The van der Waals surface area contributed by atoms with Gasteiger partial charge >= 0.3 is 0 Å². The molecule has 6 heteroatoms. The molecule has 0 fully saturated rings. The lowest BCUT2D eigenvalue weighted by atomic mass is 10.3. The molecule has 0 saturated carbocycles. The van der Waals surface area contributed by atoms with Gasteiger partial charge in [0.25, 0.3) is 0 Å². The van der Waals surface area contributed by atoms with Crippen LogP contribution in [0, 0.1) is 6.92 Å². The normalized spacial score (nSPS) is 11.1. The van der Waals surface area contributed by atoms with E-state index in [-0.39, 0.29) is 0 Å². The summed E-state index contributed by atoms with van der Waals surface area (Å²) in [5, 5.41) is 13.0. The molecule has 2 aromatic rings. The van der Waals surface area contributed by atoms with Crippen LogP contribution in [0.4, 0.5) is 0 Å². The predicted octanol–water partition coefficient (Wildman–Crippen LogP) is 1.33. The summed E-state index contributed by atoms with van der Waals surface area (Å²) in [4.78, 5) is 1.13. The minimum atomic E-state index is 0.836. The third-order valence-corrected chi connectivity index (χ3v) is 3.69. The molecule has 92 valence electrons. The number of aromatic nitrogens is 4. The van der Waals surface area contributed by atoms with E-state index < -0.39 is 0 Å². The van der Waals surface area contributed by atoms with Crippen LogP contribution in [0.5, 0.6) is 0 Å². The van der Waals surface area contributed by atoms with Crippen LogP contribution in [-0.4, -0.2) is 26.6 Å². The lowest BCUT2D eigenvalue weighted by Gasteiger charge is -2.04. The lowest BCUT2D eigenvalue weighted by Crippen LogP contribution is -2.06. The molecule has 2 heterocycles. The SMILES string of the molecule is CNCc1c(C)nn(C)c1Sc1cnn(C)c1. The van der Waals surface area contributed by atoms with Crippen molar-refractivity contribution in [3.8, 4) is 0 Å². The van der Waals surface area contributed by atoms with Gasteiger partial charge in [0.2, 0.25) is 0 Å². The highest BCUT2D eigenvalue weighted by Crippen LogP contribution is 2.31. The second-order valence-electron chi connectivity index (χ2n) is 3.97. The molecule has 0 aliphatic rings. The Morgan fingerprint density at radius 3 is 2.76 bits per heavy atom. The average Bonchev–Trinajstić information content (AvgIpc) is 2.78. The summed E-state index contributed by atoms with van der Waals surface area (Å²) in [7, 11) is 5.85. The van der Waals surface area contributed by atoms with Crippen LogP contribution < -0.4 is 5.32 Å². The van der Waals surface area contributed by atoms with Crippen LogP contribution in [0.25, 0.3) is 0 Å². The molecule has 0 spiro atoms. The maximum absolute atomic E-state index is 4.46. The van der Waals surface area contributed by atoms with Crippen LogP contribution in [0.15, 0.2) is 22.3 Å². The predicted molar refractivity (Wildman–Crippen MR) is 68.0 cm³/mol. The summed E-state index contributed by atoms with van der Waals surface area (Å²) in [6.07, 6.45) is 3.88. The molecule has 2 rings (SSSR count). The van der Waals surface area contributed by atoms with Crippen molar-refractivity contribution in [3.63, 3.8) is 0 Å². The molecule has 0 aliphatic carbocycles.